The number of ether oxygens (including phenoxy) is 3. The number of carbonyl (C=O) groups excluding carboxylic acids is 1. The number of hydrogen-bond acceptors (Lipinski definition) is 4. The maximum absolute atomic E-state index is 11.4. The molecule has 116 valence electrons. The minimum atomic E-state index is -0.307. The Bertz CT molecular complexity index is 433. The van der Waals surface area contributed by atoms with E-state index in [1.165, 1.54) is 0 Å². The summed E-state index contributed by atoms with van der Waals surface area (Å²) in [5, 5.41) is 0. The van der Waals surface area contributed by atoms with Gasteiger partial charge in [0.1, 0.15) is 5.75 Å². The standard InChI is InChI=1S/C17H24O4/c1-3-5-13-11-19-17(20-12-13)14-7-9-15(10-8-14)21-16(18)6-4-2/h7-10,13,17H,3-6,11-12H2,1-2H3. The smallest absolute Gasteiger partial charge is 0.311 e. The van der Waals surface area contributed by atoms with Crippen molar-refractivity contribution < 1.29 is 19.0 Å². The minimum Gasteiger partial charge on any atom is -0.427 e. The van der Waals surface area contributed by atoms with Gasteiger partial charge in [-0.3, -0.25) is 4.79 Å². The fourth-order valence-corrected chi connectivity index (χ4v) is 2.39. The lowest BCUT2D eigenvalue weighted by Crippen LogP contribution is -2.26. The molecule has 0 N–H and O–H groups in total. The number of rotatable bonds is 6. The summed E-state index contributed by atoms with van der Waals surface area (Å²) in [6, 6.07) is 7.35. The van der Waals surface area contributed by atoms with Gasteiger partial charge < -0.3 is 14.2 Å². The molecule has 21 heavy (non-hydrogen) atoms. The van der Waals surface area contributed by atoms with Gasteiger partial charge >= 0.3 is 5.97 Å². The Morgan fingerprint density at radius 1 is 1.14 bits per heavy atom. The second-order valence-corrected chi connectivity index (χ2v) is 5.45. The quantitative estimate of drug-likeness (QED) is 0.590. The van der Waals surface area contributed by atoms with Crippen LogP contribution in [0.5, 0.6) is 5.75 Å². The van der Waals surface area contributed by atoms with Crippen LogP contribution in [-0.2, 0) is 14.3 Å². The molecule has 0 saturated carbocycles. The molecule has 0 radical (unpaired) electrons. The Balaban J connectivity index is 1.86. The van der Waals surface area contributed by atoms with E-state index in [-0.39, 0.29) is 12.3 Å². The Kier molecular flexibility index (Phi) is 6.21. The van der Waals surface area contributed by atoms with E-state index in [2.05, 4.69) is 6.92 Å². The maximum Gasteiger partial charge on any atom is 0.311 e. The number of carbonyl (C=O) groups is 1. The summed E-state index contributed by atoms with van der Waals surface area (Å²) in [6.07, 6.45) is 3.21. The highest BCUT2D eigenvalue weighted by Crippen LogP contribution is 2.28. The first-order valence-electron chi connectivity index (χ1n) is 7.76. The van der Waals surface area contributed by atoms with Crippen molar-refractivity contribution >= 4 is 5.97 Å². The van der Waals surface area contributed by atoms with Gasteiger partial charge in [0.15, 0.2) is 6.29 Å². The van der Waals surface area contributed by atoms with Crippen LogP contribution < -0.4 is 4.74 Å². The van der Waals surface area contributed by atoms with Crippen LogP contribution in [0.4, 0.5) is 0 Å². The maximum atomic E-state index is 11.4. The van der Waals surface area contributed by atoms with Gasteiger partial charge in [0, 0.05) is 17.9 Å². The zero-order valence-electron chi connectivity index (χ0n) is 12.8. The summed E-state index contributed by atoms with van der Waals surface area (Å²) < 4.78 is 16.7. The molecule has 0 aliphatic carbocycles. The van der Waals surface area contributed by atoms with Crippen LogP contribution in [0.2, 0.25) is 0 Å². The van der Waals surface area contributed by atoms with Crippen LogP contribution in [0.3, 0.4) is 0 Å². The third-order valence-corrected chi connectivity index (χ3v) is 3.50. The first-order chi connectivity index (χ1) is 10.2. The van der Waals surface area contributed by atoms with Crippen molar-refractivity contribution in [3.63, 3.8) is 0 Å². The highest BCUT2D eigenvalue weighted by atomic mass is 16.7. The Morgan fingerprint density at radius 2 is 1.81 bits per heavy atom. The molecule has 1 heterocycles. The predicted octanol–water partition coefficient (Wildman–Crippen LogP) is 3.85. The van der Waals surface area contributed by atoms with E-state index in [0.717, 1.165) is 38.0 Å². The molecule has 1 aliphatic rings. The molecule has 0 spiro atoms. The summed E-state index contributed by atoms with van der Waals surface area (Å²) in [5.74, 6) is 0.871. The fraction of sp³-hybridized carbons (Fsp3) is 0.588. The molecule has 4 heteroatoms. The van der Waals surface area contributed by atoms with E-state index in [1.807, 2.05) is 19.1 Å². The van der Waals surface area contributed by atoms with Gasteiger partial charge in [0.2, 0.25) is 0 Å². The van der Waals surface area contributed by atoms with Crippen molar-refractivity contribution in [3.05, 3.63) is 29.8 Å². The largest absolute Gasteiger partial charge is 0.427 e. The molecular formula is C17H24O4. The average molecular weight is 292 g/mol. The molecule has 1 aromatic rings. The molecule has 0 atom stereocenters. The fourth-order valence-electron chi connectivity index (χ4n) is 2.39. The predicted molar refractivity (Wildman–Crippen MR) is 80.0 cm³/mol. The first-order valence-corrected chi connectivity index (χ1v) is 7.76. The van der Waals surface area contributed by atoms with E-state index in [1.54, 1.807) is 12.1 Å². The summed E-state index contributed by atoms with van der Waals surface area (Å²) >= 11 is 0. The molecule has 0 aromatic heterocycles. The third-order valence-electron chi connectivity index (χ3n) is 3.50. The molecule has 1 aromatic carbocycles. The van der Waals surface area contributed by atoms with Crippen molar-refractivity contribution in [2.24, 2.45) is 5.92 Å². The minimum absolute atomic E-state index is 0.196. The van der Waals surface area contributed by atoms with Crippen molar-refractivity contribution in [3.8, 4) is 5.75 Å². The molecule has 0 amide bonds. The van der Waals surface area contributed by atoms with Gasteiger partial charge in [-0.15, -0.1) is 0 Å². The number of hydrogen-bond donors (Lipinski definition) is 0. The van der Waals surface area contributed by atoms with E-state index in [9.17, 15) is 4.79 Å². The second-order valence-electron chi connectivity index (χ2n) is 5.45. The first kappa shape index (κ1) is 16.0. The lowest BCUT2D eigenvalue weighted by molar-refractivity contribution is -0.206. The van der Waals surface area contributed by atoms with E-state index in [0.29, 0.717) is 18.1 Å². The SMILES string of the molecule is CCCC(=O)Oc1ccc(C2OCC(CCC)CO2)cc1. The normalized spacial score (nSPS) is 22.0. The van der Waals surface area contributed by atoms with E-state index in [4.69, 9.17) is 14.2 Å². The highest BCUT2D eigenvalue weighted by Gasteiger charge is 2.22. The van der Waals surface area contributed by atoms with Crippen LogP contribution in [0.15, 0.2) is 24.3 Å². The molecule has 0 bridgehead atoms. The monoisotopic (exact) mass is 292 g/mol. The summed E-state index contributed by atoms with van der Waals surface area (Å²) in [7, 11) is 0. The Hall–Kier alpha value is -1.39. The molecule has 0 unspecified atom stereocenters. The highest BCUT2D eigenvalue weighted by molar-refractivity contribution is 5.72. The van der Waals surface area contributed by atoms with Gasteiger partial charge in [-0.05, 0) is 25.0 Å². The average Bonchev–Trinajstić information content (AvgIpc) is 2.49. The Morgan fingerprint density at radius 3 is 2.38 bits per heavy atom. The van der Waals surface area contributed by atoms with Crippen LogP contribution >= 0.6 is 0 Å². The second kappa shape index (κ2) is 8.15. The van der Waals surface area contributed by atoms with Gasteiger partial charge in [-0.2, -0.15) is 0 Å². The summed E-state index contributed by atoms with van der Waals surface area (Å²) in [5.41, 5.74) is 0.959. The molecule has 1 fully saturated rings. The Labute approximate surface area is 126 Å². The van der Waals surface area contributed by atoms with Crippen molar-refractivity contribution in [1.29, 1.82) is 0 Å². The van der Waals surface area contributed by atoms with E-state index >= 15 is 0 Å². The molecule has 1 aliphatic heterocycles. The van der Waals surface area contributed by atoms with Gasteiger partial charge in [-0.25, -0.2) is 0 Å². The molecule has 4 nitrogen and oxygen atoms in total. The molecule has 2 rings (SSSR count). The van der Waals surface area contributed by atoms with Gasteiger partial charge in [0.25, 0.3) is 0 Å². The van der Waals surface area contributed by atoms with Crippen molar-refractivity contribution in [1.82, 2.24) is 0 Å². The van der Waals surface area contributed by atoms with Crippen LogP contribution in [0.25, 0.3) is 0 Å². The van der Waals surface area contributed by atoms with Gasteiger partial charge in [-0.1, -0.05) is 32.4 Å². The van der Waals surface area contributed by atoms with Crippen LogP contribution in [0.1, 0.15) is 51.4 Å². The zero-order valence-corrected chi connectivity index (χ0v) is 12.8. The third kappa shape index (κ3) is 4.83. The summed E-state index contributed by atoms with van der Waals surface area (Å²) in [4.78, 5) is 11.4. The van der Waals surface area contributed by atoms with Crippen molar-refractivity contribution in [2.45, 2.75) is 45.8 Å². The van der Waals surface area contributed by atoms with Crippen LogP contribution in [0, 0.1) is 5.92 Å². The topological polar surface area (TPSA) is 44.8 Å². The van der Waals surface area contributed by atoms with Crippen LogP contribution in [-0.4, -0.2) is 19.2 Å². The lowest BCUT2D eigenvalue weighted by Gasteiger charge is -2.29. The van der Waals surface area contributed by atoms with Gasteiger partial charge in [0.05, 0.1) is 13.2 Å². The van der Waals surface area contributed by atoms with Crippen molar-refractivity contribution in [2.75, 3.05) is 13.2 Å². The van der Waals surface area contributed by atoms with E-state index < -0.39 is 0 Å². The summed E-state index contributed by atoms with van der Waals surface area (Å²) in [6.45, 7) is 5.61. The number of esters is 1. The zero-order chi connectivity index (χ0) is 15.1. The lowest BCUT2D eigenvalue weighted by atomic mass is 10.1. The number of benzene rings is 1. The molecular weight excluding hydrogens is 268 g/mol. The molecule has 1 saturated heterocycles.